The van der Waals surface area contributed by atoms with E-state index in [-0.39, 0.29) is 6.61 Å². The molecule has 0 fully saturated rings. The Hall–Kier alpha value is -1.82. The zero-order chi connectivity index (χ0) is 14.1. The third kappa shape index (κ3) is 5.13. The predicted octanol–water partition coefficient (Wildman–Crippen LogP) is 2.75. The number of anilines is 1. The van der Waals surface area contributed by atoms with Crippen LogP contribution in [0.1, 0.15) is 12.5 Å². The topological polar surface area (TPSA) is 56.8 Å². The highest BCUT2D eigenvalue weighted by Crippen LogP contribution is 2.23. The standard InChI is InChI=1S/C13H18FNO4/c1-3-18-12-5-4-11(8-10(12)9-17-2)15-13(16)19-7-6-14/h4-5,8H,3,6-7,9H2,1-2H3,(H,15,16). The van der Waals surface area contributed by atoms with Crippen LogP contribution in [0.2, 0.25) is 0 Å². The highest BCUT2D eigenvalue weighted by molar-refractivity contribution is 5.84. The average Bonchev–Trinajstić information content (AvgIpc) is 2.40. The van der Waals surface area contributed by atoms with Gasteiger partial charge in [-0.15, -0.1) is 0 Å². The Morgan fingerprint density at radius 1 is 1.42 bits per heavy atom. The van der Waals surface area contributed by atoms with E-state index in [4.69, 9.17) is 9.47 Å². The van der Waals surface area contributed by atoms with Crippen LogP contribution in [0.3, 0.4) is 0 Å². The number of carbonyl (C=O) groups excluding carboxylic acids is 1. The second-order valence-electron chi connectivity index (χ2n) is 3.64. The Labute approximate surface area is 111 Å². The van der Waals surface area contributed by atoms with Gasteiger partial charge in [-0.2, -0.15) is 0 Å². The zero-order valence-electron chi connectivity index (χ0n) is 11.1. The highest BCUT2D eigenvalue weighted by atomic mass is 19.1. The van der Waals surface area contributed by atoms with Gasteiger partial charge in [-0.05, 0) is 25.1 Å². The Kier molecular flexibility index (Phi) is 6.67. The lowest BCUT2D eigenvalue weighted by molar-refractivity contribution is 0.152. The number of alkyl halides is 1. The Morgan fingerprint density at radius 2 is 2.21 bits per heavy atom. The molecule has 1 rings (SSSR count). The maximum absolute atomic E-state index is 11.9. The summed E-state index contributed by atoms with van der Waals surface area (Å²) in [6.07, 6.45) is -0.690. The first-order chi connectivity index (χ1) is 9.21. The minimum absolute atomic E-state index is 0.256. The van der Waals surface area contributed by atoms with Gasteiger partial charge in [0.05, 0.1) is 13.2 Å². The summed E-state index contributed by atoms with van der Waals surface area (Å²) in [4.78, 5) is 11.3. The molecule has 0 aromatic heterocycles. The summed E-state index contributed by atoms with van der Waals surface area (Å²) in [6.45, 7) is 1.84. The van der Waals surface area contributed by atoms with Crippen molar-refractivity contribution in [3.63, 3.8) is 0 Å². The predicted molar refractivity (Wildman–Crippen MR) is 69.3 cm³/mol. The normalized spacial score (nSPS) is 10.1. The molecule has 1 amide bonds. The third-order valence-corrected chi connectivity index (χ3v) is 2.22. The molecule has 19 heavy (non-hydrogen) atoms. The fourth-order valence-corrected chi connectivity index (χ4v) is 1.51. The minimum Gasteiger partial charge on any atom is -0.494 e. The van der Waals surface area contributed by atoms with Gasteiger partial charge in [0.25, 0.3) is 0 Å². The molecule has 0 spiro atoms. The fourth-order valence-electron chi connectivity index (χ4n) is 1.51. The van der Waals surface area contributed by atoms with Gasteiger partial charge in [-0.1, -0.05) is 0 Å². The molecule has 0 atom stereocenters. The summed E-state index contributed by atoms with van der Waals surface area (Å²) >= 11 is 0. The van der Waals surface area contributed by atoms with Crippen LogP contribution in [0, 0.1) is 0 Å². The molecule has 6 heteroatoms. The third-order valence-electron chi connectivity index (χ3n) is 2.22. The molecule has 5 nitrogen and oxygen atoms in total. The van der Waals surface area contributed by atoms with Crippen molar-refractivity contribution in [2.45, 2.75) is 13.5 Å². The van der Waals surface area contributed by atoms with Crippen molar-refractivity contribution in [1.82, 2.24) is 0 Å². The van der Waals surface area contributed by atoms with E-state index in [0.717, 1.165) is 5.56 Å². The Balaban J connectivity index is 2.74. The molecule has 0 aliphatic carbocycles. The van der Waals surface area contributed by atoms with Gasteiger partial charge in [-0.25, -0.2) is 9.18 Å². The van der Waals surface area contributed by atoms with E-state index < -0.39 is 12.8 Å². The van der Waals surface area contributed by atoms with Crippen LogP contribution in [-0.4, -0.2) is 33.1 Å². The molecule has 0 heterocycles. The molecule has 1 aromatic carbocycles. The van der Waals surface area contributed by atoms with Crippen molar-refractivity contribution >= 4 is 11.8 Å². The number of methoxy groups -OCH3 is 1. The Morgan fingerprint density at radius 3 is 2.84 bits per heavy atom. The van der Waals surface area contributed by atoms with Crippen molar-refractivity contribution < 1.29 is 23.4 Å². The molecule has 0 aliphatic rings. The monoisotopic (exact) mass is 271 g/mol. The molecular weight excluding hydrogens is 253 g/mol. The maximum Gasteiger partial charge on any atom is 0.411 e. The molecule has 0 saturated heterocycles. The fraction of sp³-hybridized carbons (Fsp3) is 0.462. The van der Waals surface area contributed by atoms with Gasteiger partial charge in [0, 0.05) is 18.4 Å². The molecule has 0 bridgehead atoms. The van der Waals surface area contributed by atoms with Crippen LogP contribution >= 0.6 is 0 Å². The lowest BCUT2D eigenvalue weighted by Gasteiger charge is -2.12. The molecule has 1 N–H and O–H groups in total. The van der Waals surface area contributed by atoms with Gasteiger partial charge in [0.15, 0.2) is 0 Å². The van der Waals surface area contributed by atoms with Crippen LogP contribution in [0.4, 0.5) is 14.9 Å². The van der Waals surface area contributed by atoms with Crippen molar-refractivity contribution in [2.75, 3.05) is 32.3 Å². The number of hydrogen-bond donors (Lipinski definition) is 1. The molecule has 0 saturated carbocycles. The Bertz CT molecular complexity index is 412. The van der Waals surface area contributed by atoms with Crippen LogP contribution in [0.15, 0.2) is 18.2 Å². The number of nitrogens with one attached hydrogen (secondary N) is 1. The minimum atomic E-state index is -0.703. The summed E-state index contributed by atoms with van der Waals surface area (Å²) in [5.41, 5.74) is 1.35. The lowest BCUT2D eigenvalue weighted by atomic mass is 10.2. The number of carbonyl (C=O) groups is 1. The quantitative estimate of drug-likeness (QED) is 0.828. The first-order valence-electron chi connectivity index (χ1n) is 5.95. The second kappa shape index (κ2) is 8.31. The van der Waals surface area contributed by atoms with Crippen LogP contribution in [-0.2, 0) is 16.1 Å². The SMILES string of the molecule is CCOc1ccc(NC(=O)OCCF)cc1COC. The number of halogens is 1. The number of amides is 1. The number of hydrogen-bond acceptors (Lipinski definition) is 4. The van der Waals surface area contributed by atoms with E-state index in [9.17, 15) is 9.18 Å². The molecule has 1 aromatic rings. The van der Waals surface area contributed by atoms with E-state index in [0.29, 0.717) is 24.7 Å². The first-order valence-corrected chi connectivity index (χ1v) is 5.95. The van der Waals surface area contributed by atoms with Crippen molar-refractivity contribution in [2.24, 2.45) is 0 Å². The van der Waals surface area contributed by atoms with E-state index in [1.54, 1.807) is 25.3 Å². The smallest absolute Gasteiger partial charge is 0.411 e. The van der Waals surface area contributed by atoms with Crippen LogP contribution < -0.4 is 10.1 Å². The van der Waals surface area contributed by atoms with Gasteiger partial charge in [0.1, 0.15) is 19.0 Å². The highest BCUT2D eigenvalue weighted by Gasteiger charge is 2.08. The van der Waals surface area contributed by atoms with Crippen molar-refractivity contribution in [3.8, 4) is 5.75 Å². The summed E-state index contributed by atoms with van der Waals surface area (Å²) in [5, 5.41) is 2.51. The van der Waals surface area contributed by atoms with E-state index >= 15 is 0 Å². The summed E-state index contributed by atoms with van der Waals surface area (Å²) in [5.74, 6) is 0.701. The first kappa shape index (κ1) is 15.2. The lowest BCUT2D eigenvalue weighted by Crippen LogP contribution is -2.15. The summed E-state index contributed by atoms with van der Waals surface area (Å²) in [6, 6.07) is 5.15. The van der Waals surface area contributed by atoms with E-state index in [1.165, 1.54) is 0 Å². The summed E-state index contributed by atoms with van der Waals surface area (Å²) < 4.78 is 26.9. The summed E-state index contributed by atoms with van der Waals surface area (Å²) in [7, 11) is 1.57. The molecule has 0 radical (unpaired) electrons. The van der Waals surface area contributed by atoms with Crippen molar-refractivity contribution in [3.05, 3.63) is 23.8 Å². The molecule has 106 valence electrons. The van der Waals surface area contributed by atoms with E-state index in [1.807, 2.05) is 6.92 Å². The molecular formula is C13H18FNO4. The molecule has 0 unspecified atom stereocenters. The van der Waals surface area contributed by atoms with Crippen LogP contribution in [0.5, 0.6) is 5.75 Å². The number of benzene rings is 1. The van der Waals surface area contributed by atoms with Crippen LogP contribution in [0.25, 0.3) is 0 Å². The number of rotatable bonds is 7. The maximum atomic E-state index is 11.9. The zero-order valence-corrected chi connectivity index (χ0v) is 11.1. The van der Waals surface area contributed by atoms with Gasteiger partial charge in [0.2, 0.25) is 0 Å². The molecule has 0 aliphatic heterocycles. The second-order valence-corrected chi connectivity index (χ2v) is 3.64. The van der Waals surface area contributed by atoms with Gasteiger partial charge < -0.3 is 14.2 Å². The average molecular weight is 271 g/mol. The van der Waals surface area contributed by atoms with E-state index in [2.05, 4.69) is 10.1 Å². The van der Waals surface area contributed by atoms with Crippen molar-refractivity contribution in [1.29, 1.82) is 0 Å². The number of ether oxygens (including phenoxy) is 3. The van der Waals surface area contributed by atoms with Gasteiger partial charge >= 0.3 is 6.09 Å². The van der Waals surface area contributed by atoms with Gasteiger partial charge in [-0.3, -0.25) is 5.32 Å². The largest absolute Gasteiger partial charge is 0.494 e.